The minimum absolute atomic E-state index is 0.0257. The number of hydrogen-bond donors (Lipinski definition) is 2. The summed E-state index contributed by atoms with van der Waals surface area (Å²) in [5.74, 6) is -0.353. The molecule has 0 aromatic rings. The van der Waals surface area contributed by atoms with Crippen molar-refractivity contribution in [3.63, 3.8) is 0 Å². The first kappa shape index (κ1) is 12.0. The number of nitrogens with two attached hydrogens (primary N) is 1. The first-order valence-corrected chi connectivity index (χ1v) is 4.55. The highest BCUT2D eigenvalue weighted by molar-refractivity contribution is 5.91. The molecule has 0 fully saturated rings. The van der Waals surface area contributed by atoms with Gasteiger partial charge in [0.15, 0.2) is 0 Å². The molecule has 3 nitrogen and oxygen atoms in total. The lowest BCUT2D eigenvalue weighted by Crippen LogP contribution is -2.36. The molecule has 1 amide bonds. The topological polar surface area (TPSA) is 55.1 Å². The zero-order valence-electron chi connectivity index (χ0n) is 9.19. The predicted molar refractivity (Wildman–Crippen MR) is 55.1 cm³/mol. The molecule has 0 heterocycles. The molecule has 0 spiro atoms. The van der Waals surface area contributed by atoms with E-state index in [1.165, 1.54) is 0 Å². The molecule has 0 aliphatic heterocycles. The molecule has 0 atom stereocenters. The maximum absolute atomic E-state index is 10.9. The van der Waals surface area contributed by atoms with Crippen molar-refractivity contribution in [3.8, 4) is 0 Å². The van der Waals surface area contributed by atoms with E-state index in [0.29, 0.717) is 5.57 Å². The van der Waals surface area contributed by atoms with Crippen molar-refractivity contribution in [1.29, 1.82) is 0 Å². The maximum Gasteiger partial charge on any atom is 0.246 e. The number of allylic oxidation sites excluding steroid dienone is 1. The van der Waals surface area contributed by atoms with Crippen molar-refractivity contribution >= 4 is 5.91 Å². The summed E-state index contributed by atoms with van der Waals surface area (Å²) < 4.78 is 0. The number of carbonyl (C=O) groups excluding carboxylic acids is 1. The van der Waals surface area contributed by atoms with E-state index in [-0.39, 0.29) is 11.4 Å². The summed E-state index contributed by atoms with van der Waals surface area (Å²) >= 11 is 0. The molecule has 3 N–H and O–H groups in total. The number of carbonyl (C=O) groups is 1. The number of amides is 1. The smallest absolute Gasteiger partial charge is 0.246 e. The molecule has 0 aromatic heterocycles. The molecule has 0 saturated heterocycles. The Morgan fingerprint density at radius 2 is 1.85 bits per heavy atom. The maximum atomic E-state index is 10.9. The first-order chi connectivity index (χ1) is 5.78. The highest BCUT2D eigenvalue weighted by atomic mass is 16.1. The monoisotopic (exact) mass is 184 g/mol. The van der Waals surface area contributed by atoms with Crippen LogP contribution in [0.4, 0.5) is 0 Å². The van der Waals surface area contributed by atoms with Gasteiger partial charge in [-0.2, -0.15) is 0 Å². The third kappa shape index (κ3) is 4.55. The van der Waals surface area contributed by atoms with Crippen LogP contribution in [0.1, 0.15) is 41.0 Å². The first-order valence-electron chi connectivity index (χ1n) is 4.55. The lowest BCUT2D eigenvalue weighted by molar-refractivity contribution is -0.114. The van der Waals surface area contributed by atoms with Crippen molar-refractivity contribution in [2.24, 2.45) is 5.73 Å². The third-order valence-corrected chi connectivity index (χ3v) is 1.70. The van der Waals surface area contributed by atoms with E-state index in [4.69, 9.17) is 5.73 Å². The van der Waals surface area contributed by atoms with Crippen LogP contribution < -0.4 is 11.1 Å². The SMILES string of the molecule is CCC(NC(C)(C)C)=C(C)C(N)=O. The predicted octanol–water partition coefficient (Wildman–Crippen LogP) is 1.54. The van der Waals surface area contributed by atoms with Crippen LogP contribution in [0.2, 0.25) is 0 Å². The lowest BCUT2D eigenvalue weighted by Gasteiger charge is -2.25. The van der Waals surface area contributed by atoms with Gasteiger partial charge in [-0.1, -0.05) is 6.92 Å². The van der Waals surface area contributed by atoms with Crippen LogP contribution in [0.25, 0.3) is 0 Å². The molecule has 0 saturated carbocycles. The Morgan fingerprint density at radius 3 is 2.08 bits per heavy atom. The lowest BCUT2D eigenvalue weighted by atomic mass is 10.1. The normalized spacial score (nSPS) is 13.6. The van der Waals surface area contributed by atoms with E-state index in [1.54, 1.807) is 6.92 Å². The van der Waals surface area contributed by atoms with E-state index in [1.807, 2.05) is 6.92 Å². The molecule has 0 aliphatic carbocycles. The van der Waals surface area contributed by atoms with Gasteiger partial charge in [-0.15, -0.1) is 0 Å². The van der Waals surface area contributed by atoms with Crippen molar-refractivity contribution in [1.82, 2.24) is 5.32 Å². The zero-order chi connectivity index (χ0) is 10.6. The second-order valence-electron chi connectivity index (χ2n) is 4.20. The van der Waals surface area contributed by atoms with Crippen LogP contribution >= 0.6 is 0 Å². The molecule has 13 heavy (non-hydrogen) atoms. The molecule has 0 rings (SSSR count). The summed E-state index contributed by atoms with van der Waals surface area (Å²) in [6.45, 7) is 9.91. The van der Waals surface area contributed by atoms with Gasteiger partial charge in [0, 0.05) is 16.8 Å². The third-order valence-electron chi connectivity index (χ3n) is 1.70. The molecule has 3 heteroatoms. The highest BCUT2D eigenvalue weighted by Crippen LogP contribution is 2.10. The van der Waals surface area contributed by atoms with E-state index in [2.05, 4.69) is 26.1 Å². The van der Waals surface area contributed by atoms with E-state index >= 15 is 0 Å². The zero-order valence-corrected chi connectivity index (χ0v) is 9.19. The van der Waals surface area contributed by atoms with Gasteiger partial charge < -0.3 is 11.1 Å². The van der Waals surface area contributed by atoms with Gasteiger partial charge in [-0.25, -0.2) is 0 Å². The standard InChI is InChI=1S/C10H20N2O/c1-6-8(7(2)9(11)13)12-10(3,4)5/h12H,6H2,1-5H3,(H2,11,13). The second-order valence-corrected chi connectivity index (χ2v) is 4.20. The summed E-state index contributed by atoms with van der Waals surface area (Å²) in [4.78, 5) is 10.9. The molecule has 0 unspecified atom stereocenters. The largest absolute Gasteiger partial charge is 0.383 e. The van der Waals surface area contributed by atoms with E-state index in [0.717, 1.165) is 12.1 Å². The molecule has 0 bridgehead atoms. The van der Waals surface area contributed by atoms with Crippen LogP contribution in [-0.2, 0) is 4.79 Å². The van der Waals surface area contributed by atoms with Gasteiger partial charge in [0.1, 0.15) is 0 Å². The number of rotatable bonds is 3. The van der Waals surface area contributed by atoms with Crippen LogP contribution in [-0.4, -0.2) is 11.4 Å². The Hall–Kier alpha value is -0.990. The average molecular weight is 184 g/mol. The van der Waals surface area contributed by atoms with Crippen molar-refractivity contribution in [2.75, 3.05) is 0 Å². The fraction of sp³-hybridized carbons (Fsp3) is 0.700. The fourth-order valence-electron chi connectivity index (χ4n) is 1.05. The summed E-state index contributed by atoms with van der Waals surface area (Å²) in [6.07, 6.45) is 0.798. The van der Waals surface area contributed by atoms with Gasteiger partial charge in [0.2, 0.25) is 5.91 Å². The summed E-state index contributed by atoms with van der Waals surface area (Å²) in [6, 6.07) is 0. The highest BCUT2D eigenvalue weighted by Gasteiger charge is 2.13. The Kier molecular flexibility index (Phi) is 3.98. The van der Waals surface area contributed by atoms with Gasteiger partial charge in [0.05, 0.1) is 0 Å². The Bertz CT molecular complexity index is 224. The summed E-state index contributed by atoms with van der Waals surface area (Å²) in [7, 11) is 0. The number of primary amides is 1. The number of hydrogen-bond acceptors (Lipinski definition) is 2. The molecule has 0 radical (unpaired) electrons. The van der Waals surface area contributed by atoms with E-state index < -0.39 is 0 Å². The van der Waals surface area contributed by atoms with Gasteiger partial charge in [-0.3, -0.25) is 4.79 Å². The summed E-state index contributed by atoms with van der Waals surface area (Å²) in [5, 5.41) is 3.27. The fourth-order valence-corrected chi connectivity index (χ4v) is 1.05. The molecule has 76 valence electrons. The van der Waals surface area contributed by atoms with Crippen LogP contribution in [0.3, 0.4) is 0 Å². The molecular formula is C10H20N2O. The minimum atomic E-state index is -0.353. The van der Waals surface area contributed by atoms with Crippen molar-refractivity contribution < 1.29 is 4.79 Å². The Labute approximate surface area is 80.4 Å². The molecule has 0 aliphatic rings. The van der Waals surface area contributed by atoms with E-state index in [9.17, 15) is 4.79 Å². The average Bonchev–Trinajstić information content (AvgIpc) is 1.97. The summed E-state index contributed by atoms with van der Waals surface area (Å²) in [5.41, 5.74) is 6.72. The Balaban J connectivity index is 4.70. The van der Waals surface area contributed by atoms with Crippen molar-refractivity contribution in [2.45, 2.75) is 46.6 Å². The van der Waals surface area contributed by atoms with Gasteiger partial charge in [-0.05, 0) is 34.1 Å². The van der Waals surface area contributed by atoms with Crippen LogP contribution in [0.15, 0.2) is 11.3 Å². The minimum Gasteiger partial charge on any atom is -0.383 e. The van der Waals surface area contributed by atoms with Gasteiger partial charge >= 0.3 is 0 Å². The van der Waals surface area contributed by atoms with Crippen LogP contribution in [0, 0.1) is 0 Å². The quantitative estimate of drug-likeness (QED) is 0.654. The molecular weight excluding hydrogens is 164 g/mol. The van der Waals surface area contributed by atoms with Crippen LogP contribution in [0.5, 0.6) is 0 Å². The van der Waals surface area contributed by atoms with Gasteiger partial charge in [0.25, 0.3) is 0 Å². The second kappa shape index (κ2) is 4.30. The molecule has 0 aromatic carbocycles. The Morgan fingerprint density at radius 1 is 1.38 bits per heavy atom. The number of nitrogens with one attached hydrogen (secondary N) is 1. The van der Waals surface area contributed by atoms with Crippen molar-refractivity contribution in [3.05, 3.63) is 11.3 Å².